The number of hydrogen-bond donors (Lipinski definition) is 1. The Morgan fingerprint density at radius 1 is 1.47 bits per heavy atom. The predicted octanol–water partition coefficient (Wildman–Crippen LogP) is 0.623. The molecule has 0 aliphatic carbocycles. The molecule has 4 nitrogen and oxygen atoms in total. The number of carbonyl (C=O) groups is 1. The van der Waals surface area contributed by atoms with Crippen molar-refractivity contribution in [3.63, 3.8) is 0 Å². The van der Waals surface area contributed by atoms with Crippen molar-refractivity contribution >= 4 is 5.91 Å². The van der Waals surface area contributed by atoms with E-state index in [1.807, 2.05) is 18.7 Å². The van der Waals surface area contributed by atoms with Crippen LogP contribution in [0, 0.1) is 0 Å². The van der Waals surface area contributed by atoms with Gasteiger partial charge < -0.3 is 15.0 Å². The van der Waals surface area contributed by atoms with Crippen LogP contribution in [0.5, 0.6) is 0 Å². The Morgan fingerprint density at radius 2 is 2.13 bits per heavy atom. The highest BCUT2D eigenvalue weighted by atomic mass is 16.5. The van der Waals surface area contributed by atoms with Crippen LogP contribution in [0.25, 0.3) is 0 Å². The van der Waals surface area contributed by atoms with Gasteiger partial charge in [-0.3, -0.25) is 4.79 Å². The summed E-state index contributed by atoms with van der Waals surface area (Å²) < 4.78 is 5.36. The molecule has 1 atom stereocenters. The van der Waals surface area contributed by atoms with Crippen molar-refractivity contribution in [2.24, 2.45) is 0 Å². The van der Waals surface area contributed by atoms with Crippen molar-refractivity contribution in [3.8, 4) is 0 Å². The van der Waals surface area contributed by atoms with Gasteiger partial charge in [0.15, 0.2) is 0 Å². The van der Waals surface area contributed by atoms with Crippen molar-refractivity contribution in [1.82, 2.24) is 10.2 Å². The van der Waals surface area contributed by atoms with Gasteiger partial charge in [-0.05, 0) is 26.7 Å². The molecular weight excluding hydrogens is 192 g/mol. The molecule has 1 saturated heterocycles. The molecule has 0 spiro atoms. The Balaban J connectivity index is 2.06. The fraction of sp³-hybridized carbons (Fsp3) is 0.909. The monoisotopic (exact) mass is 214 g/mol. The minimum Gasteiger partial charge on any atom is -0.377 e. The molecule has 1 rings (SSSR count). The van der Waals surface area contributed by atoms with E-state index in [2.05, 4.69) is 5.32 Å². The summed E-state index contributed by atoms with van der Waals surface area (Å²) in [6.45, 7) is 7.76. The van der Waals surface area contributed by atoms with Crippen LogP contribution in [0.3, 0.4) is 0 Å². The van der Waals surface area contributed by atoms with Crippen LogP contribution in [0.1, 0.15) is 26.7 Å². The van der Waals surface area contributed by atoms with Gasteiger partial charge in [0, 0.05) is 26.2 Å². The normalized spacial score (nSPS) is 18.1. The SMILES string of the molecule is CCOC(C)CNCC(=O)N1CCCC1. The molecule has 88 valence electrons. The van der Waals surface area contributed by atoms with Crippen LogP contribution in [-0.2, 0) is 9.53 Å². The molecule has 1 unspecified atom stereocenters. The summed E-state index contributed by atoms with van der Waals surface area (Å²) in [7, 11) is 0. The third-order valence-electron chi connectivity index (χ3n) is 2.62. The van der Waals surface area contributed by atoms with Crippen molar-refractivity contribution < 1.29 is 9.53 Å². The summed E-state index contributed by atoms with van der Waals surface area (Å²) in [5, 5.41) is 3.13. The molecule has 0 aromatic rings. The second-order valence-corrected chi connectivity index (χ2v) is 3.98. The third kappa shape index (κ3) is 4.62. The molecule has 0 aromatic heterocycles. The Bertz CT molecular complexity index is 191. The highest BCUT2D eigenvalue weighted by Crippen LogP contribution is 2.06. The second-order valence-electron chi connectivity index (χ2n) is 3.98. The first-order valence-electron chi connectivity index (χ1n) is 5.84. The molecule has 0 saturated carbocycles. The molecule has 0 radical (unpaired) electrons. The minimum atomic E-state index is 0.182. The Morgan fingerprint density at radius 3 is 2.73 bits per heavy atom. The molecular formula is C11H22N2O2. The largest absolute Gasteiger partial charge is 0.377 e. The van der Waals surface area contributed by atoms with Gasteiger partial charge in [-0.2, -0.15) is 0 Å². The number of nitrogens with one attached hydrogen (secondary N) is 1. The molecule has 4 heteroatoms. The predicted molar refractivity (Wildman–Crippen MR) is 59.8 cm³/mol. The van der Waals surface area contributed by atoms with Gasteiger partial charge in [-0.15, -0.1) is 0 Å². The van der Waals surface area contributed by atoms with Crippen molar-refractivity contribution in [3.05, 3.63) is 0 Å². The zero-order valence-electron chi connectivity index (χ0n) is 9.79. The van der Waals surface area contributed by atoms with Gasteiger partial charge in [0.1, 0.15) is 0 Å². The summed E-state index contributed by atoms with van der Waals surface area (Å²) >= 11 is 0. The van der Waals surface area contributed by atoms with E-state index in [-0.39, 0.29) is 12.0 Å². The van der Waals surface area contributed by atoms with Gasteiger partial charge >= 0.3 is 0 Å². The number of carbonyl (C=O) groups excluding carboxylic acids is 1. The summed E-state index contributed by atoms with van der Waals surface area (Å²) in [6, 6.07) is 0. The zero-order chi connectivity index (χ0) is 11.1. The lowest BCUT2D eigenvalue weighted by atomic mass is 10.4. The first-order valence-corrected chi connectivity index (χ1v) is 5.84. The van der Waals surface area contributed by atoms with Gasteiger partial charge in [0.2, 0.25) is 5.91 Å². The van der Waals surface area contributed by atoms with Gasteiger partial charge in [-0.25, -0.2) is 0 Å². The maximum Gasteiger partial charge on any atom is 0.236 e. The molecule has 1 fully saturated rings. The van der Waals surface area contributed by atoms with E-state index in [4.69, 9.17) is 4.74 Å². The number of rotatable bonds is 6. The summed E-state index contributed by atoms with van der Waals surface area (Å²) in [5.74, 6) is 0.219. The average Bonchev–Trinajstić information content (AvgIpc) is 2.70. The standard InChI is InChI=1S/C11H22N2O2/c1-3-15-10(2)8-12-9-11(14)13-6-4-5-7-13/h10,12H,3-9H2,1-2H3. The van der Waals surface area contributed by atoms with Crippen molar-refractivity contribution in [1.29, 1.82) is 0 Å². The molecule has 1 amide bonds. The summed E-state index contributed by atoms with van der Waals surface area (Å²) in [4.78, 5) is 13.5. The van der Waals surface area contributed by atoms with E-state index < -0.39 is 0 Å². The molecule has 1 N–H and O–H groups in total. The Labute approximate surface area is 92.0 Å². The molecule has 0 aromatic carbocycles. The van der Waals surface area contributed by atoms with Crippen molar-refractivity contribution in [2.45, 2.75) is 32.8 Å². The lowest BCUT2D eigenvalue weighted by Crippen LogP contribution is -2.38. The smallest absolute Gasteiger partial charge is 0.236 e. The average molecular weight is 214 g/mol. The van der Waals surface area contributed by atoms with Crippen LogP contribution < -0.4 is 5.32 Å². The first-order chi connectivity index (χ1) is 7.24. The number of hydrogen-bond acceptors (Lipinski definition) is 3. The quantitative estimate of drug-likeness (QED) is 0.705. The Kier molecular flexibility index (Phi) is 5.65. The zero-order valence-corrected chi connectivity index (χ0v) is 9.79. The van der Waals surface area contributed by atoms with Crippen LogP contribution >= 0.6 is 0 Å². The maximum absolute atomic E-state index is 11.6. The van der Waals surface area contributed by atoms with Gasteiger partial charge in [0.05, 0.1) is 12.6 Å². The van der Waals surface area contributed by atoms with E-state index in [1.165, 1.54) is 0 Å². The lowest BCUT2D eigenvalue weighted by molar-refractivity contribution is -0.129. The second kappa shape index (κ2) is 6.80. The van der Waals surface area contributed by atoms with E-state index >= 15 is 0 Å². The molecule has 1 heterocycles. The summed E-state index contributed by atoms with van der Waals surface area (Å²) in [5.41, 5.74) is 0. The minimum absolute atomic E-state index is 0.182. The number of ether oxygens (including phenoxy) is 1. The lowest BCUT2D eigenvalue weighted by Gasteiger charge is -2.17. The highest BCUT2D eigenvalue weighted by Gasteiger charge is 2.17. The first kappa shape index (κ1) is 12.5. The number of likely N-dealkylation sites (tertiary alicyclic amines) is 1. The number of amides is 1. The molecule has 1 aliphatic heterocycles. The third-order valence-corrected chi connectivity index (χ3v) is 2.62. The van der Waals surface area contributed by atoms with Crippen molar-refractivity contribution in [2.75, 3.05) is 32.8 Å². The van der Waals surface area contributed by atoms with E-state index in [0.29, 0.717) is 6.54 Å². The Hall–Kier alpha value is -0.610. The van der Waals surface area contributed by atoms with E-state index in [1.54, 1.807) is 0 Å². The summed E-state index contributed by atoms with van der Waals surface area (Å²) in [6.07, 6.45) is 2.49. The van der Waals surface area contributed by atoms with Gasteiger partial charge in [-0.1, -0.05) is 0 Å². The maximum atomic E-state index is 11.6. The highest BCUT2D eigenvalue weighted by molar-refractivity contribution is 5.78. The molecule has 0 bridgehead atoms. The van der Waals surface area contributed by atoms with Gasteiger partial charge in [0.25, 0.3) is 0 Å². The van der Waals surface area contributed by atoms with Crippen LogP contribution in [-0.4, -0.2) is 49.7 Å². The molecule has 1 aliphatic rings. The van der Waals surface area contributed by atoms with Crippen LogP contribution in [0.2, 0.25) is 0 Å². The molecule has 15 heavy (non-hydrogen) atoms. The van der Waals surface area contributed by atoms with Crippen LogP contribution in [0.4, 0.5) is 0 Å². The topological polar surface area (TPSA) is 41.6 Å². The fourth-order valence-corrected chi connectivity index (χ4v) is 1.80. The van der Waals surface area contributed by atoms with E-state index in [9.17, 15) is 4.79 Å². The van der Waals surface area contributed by atoms with E-state index in [0.717, 1.165) is 39.1 Å². The fourth-order valence-electron chi connectivity index (χ4n) is 1.80. The van der Waals surface area contributed by atoms with Crippen LogP contribution in [0.15, 0.2) is 0 Å². The number of nitrogens with zero attached hydrogens (tertiary/aromatic N) is 1.